The summed E-state index contributed by atoms with van der Waals surface area (Å²) < 4.78 is 0. The van der Waals surface area contributed by atoms with Gasteiger partial charge in [-0.05, 0) is 51.0 Å². The third-order valence-electron chi connectivity index (χ3n) is 4.10. The highest BCUT2D eigenvalue weighted by atomic mass is 16.2. The molecule has 2 aromatic heterocycles. The van der Waals surface area contributed by atoms with Crippen LogP contribution in [0, 0.1) is 0 Å². The van der Waals surface area contributed by atoms with Gasteiger partial charge in [0.05, 0.1) is 0 Å². The maximum absolute atomic E-state index is 12.4. The number of aromatic amines is 1. The Morgan fingerprint density at radius 2 is 1.89 bits per heavy atom. The molecule has 1 aromatic carbocycles. The molecular formula is C21H24N4O2. The van der Waals surface area contributed by atoms with Crippen molar-refractivity contribution in [1.29, 1.82) is 0 Å². The molecule has 0 radical (unpaired) electrons. The van der Waals surface area contributed by atoms with E-state index in [1.807, 2.05) is 45.2 Å². The van der Waals surface area contributed by atoms with E-state index in [1.165, 1.54) is 12.3 Å². The van der Waals surface area contributed by atoms with Gasteiger partial charge in [0.1, 0.15) is 5.69 Å². The van der Waals surface area contributed by atoms with Crippen LogP contribution in [-0.2, 0) is 6.42 Å². The van der Waals surface area contributed by atoms with Gasteiger partial charge >= 0.3 is 0 Å². The van der Waals surface area contributed by atoms with Gasteiger partial charge in [-0.2, -0.15) is 0 Å². The predicted molar refractivity (Wildman–Crippen MR) is 106 cm³/mol. The molecule has 0 aliphatic heterocycles. The van der Waals surface area contributed by atoms with Crippen molar-refractivity contribution in [2.45, 2.75) is 32.7 Å². The monoisotopic (exact) mass is 364 g/mol. The van der Waals surface area contributed by atoms with Crippen LogP contribution in [0.2, 0.25) is 0 Å². The second kappa shape index (κ2) is 7.61. The van der Waals surface area contributed by atoms with E-state index in [0.717, 1.165) is 16.5 Å². The summed E-state index contributed by atoms with van der Waals surface area (Å²) in [4.78, 5) is 32.0. The van der Waals surface area contributed by atoms with Gasteiger partial charge in [0.25, 0.3) is 11.8 Å². The van der Waals surface area contributed by atoms with Crippen molar-refractivity contribution in [3.8, 4) is 0 Å². The average Bonchev–Trinajstić information content (AvgIpc) is 3.04. The zero-order valence-corrected chi connectivity index (χ0v) is 15.8. The number of nitrogens with one attached hydrogen (secondary N) is 3. The molecule has 0 aliphatic carbocycles. The number of hydrogen-bond acceptors (Lipinski definition) is 3. The van der Waals surface area contributed by atoms with Crippen LogP contribution in [0.4, 0.5) is 0 Å². The van der Waals surface area contributed by atoms with Crippen molar-refractivity contribution in [1.82, 2.24) is 20.6 Å². The van der Waals surface area contributed by atoms with Crippen LogP contribution in [0.3, 0.4) is 0 Å². The van der Waals surface area contributed by atoms with E-state index < -0.39 is 0 Å². The number of carbonyl (C=O) groups is 2. The molecule has 0 unspecified atom stereocenters. The molecule has 0 aliphatic rings. The van der Waals surface area contributed by atoms with Crippen molar-refractivity contribution < 1.29 is 9.59 Å². The summed E-state index contributed by atoms with van der Waals surface area (Å²) in [5.74, 6) is -0.516. The smallest absolute Gasteiger partial charge is 0.269 e. The highest BCUT2D eigenvalue weighted by Crippen LogP contribution is 2.17. The maximum Gasteiger partial charge on any atom is 0.269 e. The first-order chi connectivity index (χ1) is 12.8. The van der Waals surface area contributed by atoms with E-state index in [1.54, 1.807) is 6.07 Å². The lowest BCUT2D eigenvalue weighted by molar-refractivity contribution is 0.0919. The van der Waals surface area contributed by atoms with Gasteiger partial charge in [-0.3, -0.25) is 14.6 Å². The molecule has 6 nitrogen and oxygen atoms in total. The van der Waals surface area contributed by atoms with Gasteiger partial charge in [0.2, 0.25) is 0 Å². The van der Waals surface area contributed by atoms with Gasteiger partial charge in [-0.1, -0.05) is 18.2 Å². The number of rotatable bonds is 5. The molecule has 0 saturated carbocycles. The fraction of sp³-hybridized carbons (Fsp3) is 0.286. The number of carbonyl (C=O) groups excluding carboxylic acids is 2. The van der Waals surface area contributed by atoms with Crippen LogP contribution in [-0.4, -0.2) is 33.9 Å². The molecule has 0 fully saturated rings. The fourth-order valence-electron chi connectivity index (χ4n) is 2.85. The summed E-state index contributed by atoms with van der Waals surface area (Å²) in [5, 5.41) is 6.91. The second-order valence-corrected chi connectivity index (χ2v) is 7.50. The van der Waals surface area contributed by atoms with Crippen molar-refractivity contribution in [3.05, 3.63) is 65.6 Å². The molecule has 3 N–H and O–H groups in total. The Labute approximate surface area is 158 Å². The van der Waals surface area contributed by atoms with Crippen LogP contribution in [0.1, 0.15) is 47.2 Å². The maximum atomic E-state index is 12.4. The standard InChI is InChI=1S/C21H24N4O2/c1-21(2,3)25-19(26)14-8-10-22-18(12-14)20(27)23-11-9-15-13-24-17-7-5-4-6-16(15)17/h4-8,10,12-13,24H,9,11H2,1-3H3,(H,23,27)(H,25,26). The Kier molecular flexibility index (Phi) is 5.26. The number of pyridine rings is 1. The molecule has 0 saturated heterocycles. The Balaban J connectivity index is 1.61. The lowest BCUT2D eigenvalue weighted by Gasteiger charge is -2.20. The second-order valence-electron chi connectivity index (χ2n) is 7.50. The number of hydrogen-bond donors (Lipinski definition) is 3. The zero-order chi connectivity index (χ0) is 19.4. The third-order valence-corrected chi connectivity index (χ3v) is 4.10. The van der Waals surface area contributed by atoms with Crippen molar-refractivity contribution in [2.24, 2.45) is 0 Å². The predicted octanol–water partition coefficient (Wildman–Crippen LogP) is 3.06. The highest BCUT2D eigenvalue weighted by Gasteiger charge is 2.17. The van der Waals surface area contributed by atoms with Gasteiger partial charge < -0.3 is 15.6 Å². The van der Waals surface area contributed by atoms with Gasteiger partial charge in [0.15, 0.2) is 0 Å². The Morgan fingerprint density at radius 1 is 1.11 bits per heavy atom. The molecule has 6 heteroatoms. The zero-order valence-electron chi connectivity index (χ0n) is 15.8. The number of nitrogens with zero attached hydrogens (tertiary/aromatic N) is 1. The van der Waals surface area contributed by atoms with Gasteiger partial charge in [-0.25, -0.2) is 0 Å². The van der Waals surface area contributed by atoms with Gasteiger partial charge in [0, 0.05) is 40.9 Å². The van der Waals surface area contributed by atoms with E-state index in [4.69, 9.17) is 0 Å². The molecular weight excluding hydrogens is 340 g/mol. The highest BCUT2D eigenvalue weighted by molar-refractivity contribution is 5.98. The van der Waals surface area contributed by atoms with Crippen LogP contribution in [0.25, 0.3) is 10.9 Å². The number of benzene rings is 1. The SMILES string of the molecule is CC(C)(C)NC(=O)c1ccnc(C(=O)NCCc2c[nH]c3ccccc23)c1. The number of fused-ring (bicyclic) bond motifs is 1. The summed E-state index contributed by atoms with van der Waals surface area (Å²) in [7, 11) is 0. The van der Waals surface area contributed by atoms with Crippen LogP contribution in [0.5, 0.6) is 0 Å². The van der Waals surface area contributed by atoms with E-state index in [0.29, 0.717) is 18.5 Å². The van der Waals surface area contributed by atoms with Crippen LogP contribution < -0.4 is 10.6 Å². The third kappa shape index (κ3) is 4.73. The van der Waals surface area contributed by atoms with E-state index in [9.17, 15) is 9.59 Å². The Morgan fingerprint density at radius 3 is 2.67 bits per heavy atom. The molecule has 2 heterocycles. The minimum atomic E-state index is -0.345. The summed E-state index contributed by atoms with van der Waals surface area (Å²) in [6.45, 7) is 6.21. The Hall–Kier alpha value is -3.15. The fourth-order valence-corrected chi connectivity index (χ4v) is 2.85. The molecule has 2 amide bonds. The van der Waals surface area contributed by atoms with E-state index in [-0.39, 0.29) is 23.0 Å². The van der Waals surface area contributed by atoms with Crippen LogP contribution in [0.15, 0.2) is 48.8 Å². The first-order valence-electron chi connectivity index (χ1n) is 8.95. The normalized spacial score (nSPS) is 11.4. The lowest BCUT2D eigenvalue weighted by atomic mass is 10.1. The summed E-state index contributed by atoms with van der Waals surface area (Å²) in [5.41, 5.74) is 2.54. The van der Waals surface area contributed by atoms with E-state index >= 15 is 0 Å². The average molecular weight is 364 g/mol. The van der Waals surface area contributed by atoms with E-state index in [2.05, 4.69) is 26.7 Å². The quantitative estimate of drug-likeness (QED) is 0.650. The Bertz CT molecular complexity index is 969. The van der Waals surface area contributed by atoms with Crippen LogP contribution >= 0.6 is 0 Å². The van der Waals surface area contributed by atoms with Gasteiger partial charge in [-0.15, -0.1) is 0 Å². The minimum absolute atomic E-state index is 0.224. The summed E-state index contributed by atoms with van der Waals surface area (Å²) >= 11 is 0. The topological polar surface area (TPSA) is 86.9 Å². The molecule has 3 aromatic rings. The lowest BCUT2D eigenvalue weighted by Crippen LogP contribution is -2.40. The molecule has 140 valence electrons. The number of para-hydroxylation sites is 1. The molecule has 0 spiro atoms. The molecule has 0 atom stereocenters. The minimum Gasteiger partial charge on any atom is -0.361 e. The molecule has 0 bridgehead atoms. The first kappa shape index (κ1) is 18.6. The number of H-pyrrole nitrogens is 1. The number of aromatic nitrogens is 2. The molecule has 3 rings (SSSR count). The van der Waals surface area contributed by atoms with Crippen molar-refractivity contribution >= 4 is 22.7 Å². The first-order valence-corrected chi connectivity index (χ1v) is 8.95. The summed E-state index contributed by atoms with van der Waals surface area (Å²) in [6, 6.07) is 11.2. The molecule has 27 heavy (non-hydrogen) atoms. The largest absolute Gasteiger partial charge is 0.361 e. The van der Waals surface area contributed by atoms with Crippen molar-refractivity contribution in [3.63, 3.8) is 0 Å². The number of amides is 2. The summed E-state index contributed by atoms with van der Waals surface area (Å²) in [6.07, 6.45) is 4.15. The van der Waals surface area contributed by atoms with Crippen molar-refractivity contribution in [2.75, 3.05) is 6.54 Å².